The molecule has 10 heteroatoms. The van der Waals surface area contributed by atoms with Gasteiger partial charge >= 0.3 is 7.75 Å². The lowest BCUT2D eigenvalue weighted by molar-refractivity contribution is 0.301. The lowest BCUT2D eigenvalue weighted by Gasteiger charge is -2.09. The van der Waals surface area contributed by atoms with E-state index in [0.29, 0.717) is 30.0 Å². The highest BCUT2D eigenvalue weighted by molar-refractivity contribution is 7.53. The molecule has 3 N–H and O–H groups in total. The Balaban J connectivity index is 1.42. The van der Waals surface area contributed by atoms with E-state index in [1.807, 2.05) is 42.5 Å². The van der Waals surface area contributed by atoms with Crippen molar-refractivity contribution >= 4 is 13.6 Å². The van der Waals surface area contributed by atoms with Gasteiger partial charge in [0.2, 0.25) is 0 Å². The van der Waals surface area contributed by atoms with E-state index in [0.717, 1.165) is 17.0 Å². The predicted octanol–water partition coefficient (Wildman–Crippen LogP) is 3.81. The molecule has 0 radical (unpaired) electrons. The molecule has 0 fully saturated rings. The molecule has 4 aromatic rings. The summed E-state index contributed by atoms with van der Waals surface area (Å²) in [6, 6.07) is 18.3. The van der Waals surface area contributed by atoms with Crippen LogP contribution in [0.4, 0.5) is 5.82 Å². The van der Waals surface area contributed by atoms with Gasteiger partial charge in [0.05, 0.1) is 17.0 Å². The summed E-state index contributed by atoms with van der Waals surface area (Å²) < 4.78 is 22.4. The van der Waals surface area contributed by atoms with Crippen LogP contribution in [0.15, 0.2) is 77.6 Å². The van der Waals surface area contributed by atoms with Crippen molar-refractivity contribution in [2.75, 3.05) is 5.09 Å². The predicted molar refractivity (Wildman–Crippen MR) is 113 cm³/mol. The fourth-order valence-corrected chi connectivity index (χ4v) is 3.36. The first-order valence-electron chi connectivity index (χ1n) is 9.33. The second-order valence-electron chi connectivity index (χ2n) is 6.67. The van der Waals surface area contributed by atoms with E-state index in [1.54, 1.807) is 24.4 Å². The molecule has 1 aromatic carbocycles. The first-order valence-corrected chi connectivity index (χ1v) is 10.9. The van der Waals surface area contributed by atoms with Crippen LogP contribution in [0.1, 0.15) is 17.0 Å². The number of aromatic nitrogens is 3. The van der Waals surface area contributed by atoms with Crippen molar-refractivity contribution < 1.29 is 23.6 Å². The second kappa shape index (κ2) is 9.09. The Hall–Kier alpha value is -3.52. The zero-order chi connectivity index (χ0) is 21.7. The van der Waals surface area contributed by atoms with Gasteiger partial charge < -0.3 is 19.0 Å². The zero-order valence-corrected chi connectivity index (χ0v) is 17.1. The maximum atomic E-state index is 11.3. The molecule has 3 aromatic heterocycles. The molecule has 0 spiro atoms. The van der Waals surface area contributed by atoms with Crippen molar-refractivity contribution in [3.05, 3.63) is 90.0 Å². The molecule has 0 amide bonds. The molecule has 158 valence electrons. The number of nitrogens with one attached hydrogen (secondary N) is 1. The van der Waals surface area contributed by atoms with E-state index < -0.39 is 7.75 Å². The number of rotatable bonds is 8. The largest absolute Gasteiger partial charge is 0.487 e. The molecule has 0 atom stereocenters. The van der Waals surface area contributed by atoms with E-state index in [2.05, 4.69) is 20.2 Å². The summed E-state index contributed by atoms with van der Waals surface area (Å²) in [5.41, 5.74) is 2.93. The monoisotopic (exact) mass is 438 g/mol. The van der Waals surface area contributed by atoms with Crippen molar-refractivity contribution in [2.24, 2.45) is 0 Å². The molecule has 0 saturated carbocycles. The number of benzene rings is 1. The first-order chi connectivity index (χ1) is 15.0. The molecule has 0 unspecified atom stereocenters. The molecule has 0 aliphatic carbocycles. The number of hydrogen-bond acceptors (Lipinski definition) is 6. The topological polar surface area (TPSA) is 131 Å². The molecular weight excluding hydrogens is 419 g/mol. The van der Waals surface area contributed by atoms with Gasteiger partial charge in [0.1, 0.15) is 18.2 Å². The van der Waals surface area contributed by atoms with Crippen LogP contribution in [-0.4, -0.2) is 24.9 Å². The summed E-state index contributed by atoms with van der Waals surface area (Å²) in [7, 11) is -4.50. The van der Waals surface area contributed by atoms with Crippen LogP contribution in [0.5, 0.6) is 5.75 Å². The molecule has 9 nitrogen and oxygen atoms in total. The van der Waals surface area contributed by atoms with Crippen LogP contribution >= 0.6 is 7.75 Å². The molecule has 3 heterocycles. The number of nitrogens with zero attached hydrogens (tertiary/aromatic N) is 3. The summed E-state index contributed by atoms with van der Waals surface area (Å²) in [4.78, 5) is 26.5. The van der Waals surface area contributed by atoms with Gasteiger partial charge in [0.15, 0.2) is 5.76 Å². The van der Waals surface area contributed by atoms with E-state index in [4.69, 9.17) is 19.0 Å². The van der Waals surface area contributed by atoms with Crippen molar-refractivity contribution in [1.82, 2.24) is 15.1 Å². The smallest absolute Gasteiger partial charge is 0.428 e. The number of hydrogen-bond donors (Lipinski definition) is 3. The number of ether oxygens (including phenoxy) is 1. The normalized spacial score (nSPS) is 11.3. The maximum absolute atomic E-state index is 11.3. The minimum Gasteiger partial charge on any atom is -0.487 e. The minimum absolute atomic E-state index is 0.0212. The average molecular weight is 438 g/mol. The summed E-state index contributed by atoms with van der Waals surface area (Å²) in [5.74, 6) is 1.11. The zero-order valence-electron chi connectivity index (χ0n) is 16.3. The van der Waals surface area contributed by atoms with Crippen LogP contribution in [0.3, 0.4) is 0 Å². The van der Waals surface area contributed by atoms with Crippen molar-refractivity contribution in [3.63, 3.8) is 0 Å². The Morgan fingerprint density at radius 2 is 1.77 bits per heavy atom. The standard InChI is InChI=1S/C21H19N4O5P/c26-31(27,28)25-21-19(5-3-11-23-21)20-13-17(24-30-20)12-15-6-8-18(9-7-15)29-14-16-4-1-2-10-22-16/h1-11,13H,12,14H2,(H3,23,25,26,27,28). The molecule has 0 saturated heterocycles. The lowest BCUT2D eigenvalue weighted by Crippen LogP contribution is -1.98. The van der Waals surface area contributed by atoms with Crippen LogP contribution in [0.2, 0.25) is 0 Å². The highest BCUT2D eigenvalue weighted by Gasteiger charge is 2.19. The number of pyridine rings is 2. The van der Waals surface area contributed by atoms with E-state index in [9.17, 15) is 4.57 Å². The van der Waals surface area contributed by atoms with Crippen molar-refractivity contribution in [3.8, 4) is 17.1 Å². The lowest BCUT2D eigenvalue weighted by atomic mass is 10.1. The summed E-state index contributed by atoms with van der Waals surface area (Å²) in [6.45, 7) is 0.392. The summed E-state index contributed by atoms with van der Waals surface area (Å²) >= 11 is 0. The highest BCUT2D eigenvalue weighted by atomic mass is 31.2. The van der Waals surface area contributed by atoms with Gasteiger partial charge in [-0.15, -0.1) is 0 Å². The molecule has 0 bridgehead atoms. The van der Waals surface area contributed by atoms with Crippen LogP contribution in [0, 0.1) is 0 Å². The molecule has 0 aliphatic heterocycles. The Morgan fingerprint density at radius 3 is 2.52 bits per heavy atom. The van der Waals surface area contributed by atoms with Gasteiger partial charge in [0, 0.05) is 24.9 Å². The van der Waals surface area contributed by atoms with Gasteiger partial charge in [-0.05, 0) is 42.0 Å². The van der Waals surface area contributed by atoms with Gasteiger partial charge in [-0.1, -0.05) is 23.4 Å². The second-order valence-corrected chi connectivity index (χ2v) is 7.98. The van der Waals surface area contributed by atoms with Crippen LogP contribution < -0.4 is 9.82 Å². The Bertz CT molecular complexity index is 1190. The Morgan fingerprint density at radius 1 is 0.968 bits per heavy atom. The Labute approximate surface area is 178 Å². The maximum Gasteiger partial charge on any atom is 0.428 e. The third-order valence-corrected chi connectivity index (χ3v) is 4.81. The fraction of sp³-hybridized carbons (Fsp3) is 0.0952. The van der Waals surface area contributed by atoms with Crippen LogP contribution in [0.25, 0.3) is 11.3 Å². The molecule has 4 rings (SSSR count). The summed E-state index contributed by atoms with van der Waals surface area (Å²) in [5, 5.41) is 6.15. The van der Waals surface area contributed by atoms with E-state index in [1.165, 1.54) is 6.20 Å². The number of anilines is 1. The minimum atomic E-state index is -4.50. The summed E-state index contributed by atoms with van der Waals surface area (Å²) in [6.07, 6.45) is 3.67. The fourth-order valence-electron chi connectivity index (χ4n) is 2.91. The molecule has 0 aliphatic rings. The highest BCUT2D eigenvalue weighted by Crippen LogP contribution is 2.38. The Kier molecular flexibility index (Phi) is 6.08. The van der Waals surface area contributed by atoms with Gasteiger partial charge in [-0.25, -0.2) is 9.55 Å². The third kappa shape index (κ3) is 5.76. The van der Waals surface area contributed by atoms with Crippen molar-refractivity contribution in [2.45, 2.75) is 13.0 Å². The van der Waals surface area contributed by atoms with Crippen molar-refractivity contribution in [1.29, 1.82) is 0 Å². The molecular formula is C21H19N4O5P. The van der Waals surface area contributed by atoms with E-state index in [-0.39, 0.29) is 5.82 Å². The van der Waals surface area contributed by atoms with Crippen LogP contribution in [-0.2, 0) is 17.6 Å². The first kappa shape index (κ1) is 20.7. The van der Waals surface area contributed by atoms with Gasteiger partial charge in [-0.3, -0.25) is 10.1 Å². The molecule has 31 heavy (non-hydrogen) atoms. The van der Waals surface area contributed by atoms with Gasteiger partial charge in [-0.2, -0.15) is 0 Å². The average Bonchev–Trinajstić information content (AvgIpc) is 3.21. The quantitative estimate of drug-likeness (QED) is 0.352. The van der Waals surface area contributed by atoms with Gasteiger partial charge in [0.25, 0.3) is 0 Å². The van der Waals surface area contributed by atoms with E-state index >= 15 is 0 Å². The third-order valence-electron chi connectivity index (χ3n) is 4.31. The SMILES string of the molecule is O=P(O)(O)Nc1ncccc1-c1cc(Cc2ccc(OCc3ccccn3)cc2)no1.